The molecule has 0 saturated carbocycles. The molecule has 0 radical (unpaired) electrons. The minimum atomic E-state index is -0.403. The Morgan fingerprint density at radius 1 is 0.971 bits per heavy atom. The van der Waals surface area contributed by atoms with Gasteiger partial charge in [-0.15, -0.1) is 0 Å². The lowest BCUT2D eigenvalue weighted by molar-refractivity contribution is -0.118. The number of rotatable bonds is 9. The Morgan fingerprint density at radius 2 is 1.69 bits per heavy atom. The highest BCUT2D eigenvalue weighted by Gasteiger charge is 2.12. The maximum atomic E-state index is 12.4. The van der Waals surface area contributed by atoms with Gasteiger partial charge in [0, 0.05) is 11.3 Å². The summed E-state index contributed by atoms with van der Waals surface area (Å²) in [6, 6.07) is 15.8. The third-order valence-electron chi connectivity index (χ3n) is 4.70. The van der Waals surface area contributed by atoms with Gasteiger partial charge in [0.25, 0.3) is 11.8 Å². The van der Waals surface area contributed by atoms with E-state index in [1.54, 1.807) is 30.3 Å². The summed E-state index contributed by atoms with van der Waals surface area (Å²) in [6.45, 7) is 1.78. The fraction of sp³-hybridized carbons (Fsp3) is 0.160. The summed E-state index contributed by atoms with van der Waals surface area (Å²) < 4.78 is 17.3. The summed E-state index contributed by atoms with van der Waals surface area (Å²) in [6.07, 6.45) is 1.49. The number of methoxy groups -OCH3 is 2. The van der Waals surface area contributed by atoms with Gasteiger partial charge >= 0.3 is 0 Å². The summed E-state index contributed by atoms with van der Waals surface area (Å²) in [4.78, 5) is 24.6. The fourth-order valence-corrected chi connectivity index (χ4v) is 4.51. The lowest BCUT2D eigenvalue weighted by Crippen LogP contribution is -2.20. The molecule has 0 unspecified atom stereocenters. The van der Waals surface area contributed by atoms with Crippen molar-refractivity contribution in [3.63, 3.8) is 0 Å². The Kier molecular flexibility index (Phi) is 9.27. The molecule has 35 heavy (non-hydrogen) atoms. The number of hydrogen-bond donors (Lipinski definition) is 2. The second-order valence-electron chi connectivity index (χ2n) is 7.29. The van der Waals surface area contributed by atoms with Crippen LogP contribution in [0.25, 0.3) is 0 Å². The predicted octanol–water partition coefficient (Wildman–Crippen LogP) is 5.32. The smallest absolute Gasteiger partial charge is 0.271 e. The van der Waals surface area contributed by atoms with Crippen LogP contribution in [-0.4, -0.2) is 38.9 Å². The minimum absolute atomic E-state index is 0.167. The van der Waals surface area contributed by atoms with Crippen LogP contribution in [-0.2, 0) is 4.79 Å². The van der Waals surface area contributed by atoms with E-state index in [0.717, 1.165) is 5.56 Å². The molecule has 2 amide bonds. The summed E-state index contributed by atoms with van der Waals surface area (Å²) in [5.74, 6) is 0.756. The topological polar surface area (TPSA) is 98.3 Å². The van der Waals surface area contributed by atoms with Gasteiger partial charge < -0.3 is 19.5 Å². The Bertz CT molecular complexity index is 1240. The van der Waals surface area contributed by atoms with Crippen molar-refractivity contribution < 1.29 is 23.8 Å². The van der Waals surface area contributed by atoms with Gasteiger partial charge in [-0.3, -0.25) is 9.59 Å². The molecule has 0 heterocycles. The van der Waals surface area contributed by atoms with Crippen LogP contribution in [0.3, 0.4) is 0 Å². The highest BCUT2D eigenvalue weighted by Crippen LogP contribution is 2.34. The maximum absolute atomic E-state index is 12.4. The van der Waals surface area contributed by atoms with E-state index in [2.05, 4.69) is 47.7 Å². The Labute approximate surface area is 219 Å². The number of anilines is 1. The molecule has 3 aromatic carbocycles. The van der Waals surface area contributed by atoms with E-state index in [0.29, 0.717) is 43.0 Å². The van der Waals surface area contributed by atoms with Gasteiger partial charge in [0.15, 0.2) is 18.1 Å². The zero-order valence-electron chi connectivity index (χ0n) is 19.2. The first-order chi connectivity index (χ1) is 16.8. The molecular formula is C25H23Br2N3O5. The zero-order valence-corrected chi connectivity index (χ0v) is 22.4. The Hall–Kier alpha value is -3.37. The number of nitrogens with one attached hydrogen (secondary N) is 2. The zero-order chi connectivity index (χ0) is 25.4. The number of benzene rings is 3. The van der Waals surface area contributed by atoms with Gasteiger partial charge in [0.1, 0.15) is 5.75 Å². The van der Waals surface area contributed by atoms with Crippen molar-refractivity contribution in [3.05, 3.63) is 80.2 Å². The number of aryl methyl sites for hydroxylation is 1. The molecule has 2 N–H and O–H groups in total. The highest BCUT2D eigenvalue weighted by atomic mass is 79.9. The largest absolute Gasteiger partial charge is 0.493 e. The van der Waals surface area contributed by atoms with Gasteiger partial charge in [-0.1, -0.05) is 12.1 Å². The third kappa shape index (κ3) is 7.30. The molecule has 0 aromatic heterocycles. The van der Waals surface area contributed by atoms with Crippen molar-refractivity contribution in [1.82, 2.24) is 5.43 Å². The Balaban J connectivity index is 1.59. The molecule has 182 valence electrons. The third-order valence-corrected chi connectivity index (χ3v) is 5.87. The van der Waals surface area contributed by atoms with Gasteiger partial charge in [-0.2, -0.15) is 5.10 Å². The second kappa shape index (κ2) is 12.4. The first kappa shape index (κ1) is 26.2. The van der Waals surface area contributed by atoms with Crippen molar-refractivity contribution in [3.8, 4) is 17.2 Å². The molecular weight excluding hydrogens is 582 g/mol. The molecule has 0 spiro atoms. The SMILES string of the molecule is COc1ccc(C(=O)N/N=C/c2cc(Br)c(OCC(=O)Nc3cccc(C)c3)c(Br)c2)cc1OC. The van der Waals surface area contributed by atoms with E-state index in [-0.39, 0.29) is 12.5 Å². The van der Waals surface area contributed by atoms with Crippen LogP contribution in [0.2, 0.25) is 0 Å². The maximum Gasteiger partial charge on any atom is 0.271 e. The summed E-state index contributed by atoms with van der Waals surface area (Å²) in [7, 11) is 3.02. The summed E-state index contributed by atoms with van der Waals surface area (Å²) in [5.41, 5.74) is 5.29. The van der Waals surface area contributed by atoms with Crippen LogP contribution in [0.15, 0.2) is 68.6 Å². The van der Waals surface area contributed by atoms with Crippen molar-refractivity contribution in [2.24, 2.45) is 5.10 Å². The van der Waals surface area contributed by atoms with Crippen molar-refractivity contribution in [1.29, 1.82) is 0 Å². The van der Waals surface area contributed by atoms with E-state index < -0.39 is 5.91 Å². The first-order valence-electron chi connectivity index (χ1n) is 10.3. The summed E-state index contributed by atoms with van der Waals surface area (Å²) in [5, 5.41) is 6.81. The standard InChI is InChI=1S/C25H23Br2N3O5/c1-15-5-4-6-18(9-15)29-23(31)14-35-24-19(26)10-16(11-20(24)27)13-28-30-25(32)17-7-8-21(33-2)22(12-17)34-3/h4-13H,14H2,1-3H3,(H,29,31)(H,30,32)/b28-13+. The van der Waals surface area contributed by atoms with E-state index >= 15 is 0 Å². The Morgan fingerprint density at radius 3 is 2.34 bits per heavy atom. The van der Waals surface area contributed by atoms with Gasteiger partial charge in [0.05, 0.1) is 29.4 Å². The number of hydrogen-bond acceptors (Lipinski definition) is 6. The first-order valence-corrected chi connectivity index (χ1v) is 11.9. The quantitative estimate of drug-likeness (QED) is 0.254. The van der Waals surface area contributed by atoms with E-state index in [9.17, 15) is 9.59 Å². The fourth-order valence-electron chi connectivity index (χ4n) is 3.06. The summed E-state index contributed by atoms with van der Waals surface area (Å²) >= 11 is 6.90. The van der Waals surface area contributed by atoms with Crippen LogP contribution >= 0.6 is 31.9 Å². The van der Waals surface area contributed by atoms with Crippen molar-refractivity contribution in [2.45, 2.75) is 6.92 Å². The monoisotopic (exact) mass is 603 g/mol. The van der Waals surface area contributed by atoms with Crippen LogP contribution < -0.4 is 25.0 Å². The van der Waals surface area contributed by atoms with Crippen LogP contribution in [0.1, 0.15) is 21.5 Å². The molecule has 3 rings (SSSR count). The molecule has 3 aromatic rings. The van der Waals surface area contributed by atoms with Gasteiger partial charge in [-0.25, -0.2) is 5.43 Å². The van der Waals surface area contributed by atoms with Crippen LogP contribution in [0, 0.1) is 6.92 Å². The second-order valence-corrected chi connectivity index (χ2v) is 9.00. The van der Waals surface area contributed by atoms with E-state index in [4.69, 9.17) is 14.2 Å². The van der Waals surface area contributed by atoms with Crippen LogP contribution in [0.5, 0.6) is 17.2 Å². The van der Waals surface area contributed by atoms with E-state index in [1.165, 1.54) is 20.4 Å². The molecule has 0 aliphatic rings. The number of nitrogens with zero attached hydrogens (tertiary/aromatic N) is 1. The average Bonchev–Trinajstić information content (AvgIpc) is 2.83. The molecule has 8 nitrogen and oxygen atoms in total. The van der Waals surface area contributed by atoms with Crippen molar-refractivity contribution in [2.75, 3.05) is 26.1 Å². The molecule has 10 heteroatoms. The minimum Gasteiger partial charge on any atom is -0.493 e. The van der Waals surface area contributed by atoms with Crippen molar-refractivity contribution >= 4 is 55.6 Å². The molecule has 0 fully saturated rings. The number of hydrazone groups is 1. The normalized spacial score (nSPS) is 10.7. The molecule has 0 bridgehead atoms. The molecule has 0 aliphatic carbocycles. The molecule has 0 aliphatic heterocycles. The molecule has 0 atom stereocenters. The van der Waals surface area contributed by atoms with Crippen LogP contribution in [0.4, 0.5) is 5.69 Å². The number of halogens is 2. The highest BCUT2D eigenvalue weighted by molar-refractivity contribution is 9.11. The molecule has 0 saturated heterocycles. The number of amides is 2. The van der Waals surface area contributed by atoms with E-state index in [1.807, 2.05) is 31.2 Å². The van der Waals surface area contributed by atoms with Gasteiger partial charge in [0.2, 0.25) is 0 Å². The number of carbonyl (C=O) groups excluding carboxylic acids is 2. The lowest BCUT2D eigenvalue weighted by Gasteiger charge is -2.12. The van der Waals surface area contributed by atoms with Gasteiger partial charge in [-0.05, 0) is 92.4 Å². The lowest BCUT2D eigenvalue weighted by atomic mass is 10.2. The number of carbonyl (C=O) groups is 2. The average molecular weight is 605 g/mol. The predicted molar refractivity (Wildman–Crippen MR) is 142 cm³/mol. The number of ether oxygens (including phenoxy) is 3.